The first-order valence-electron chi connectivity index (χ1n) is 7.72. The lowest BCUT2D eigenvalue weighted by Gasteiger charge is -2.05. The highest BCUT2D eigenvalue weighted by Crippen LogP contribution is 2.27. The standard InChI is InChI=1S/C18H18N2O3S/c1-12-14-16(24-15(12)18(22)23-2)19-11-20(17(14)21)10-6-9-13-7-4-3-5-8-13/h3-5,7-8,11H,6,9-10H2,1-2H3. The molecule has 0 radical (unpaired) electrons. The Morgan fingerprint density at radius 2 is 2.04 bits per heavy atom. The van der Waals surface area contributed by atoms with Crippen LogP contribution in [0.15, 0.2) is 41.5 Å². The van der Waals surface area contributed by atoms with Gasteiger partial charge in [-0.3, -0.25) is 9.36 Å². The van der Waals surface area contributed by atoms with Crippen LogP contribution in [0.3, 0.4) is 0 Å². The lowest BCUT2D eigenvalue weighted by molar-refractivity contribution is 0.0605. The molecule has 0 unspecified atom stereocenters. The third-order valence-corrected chi connectivity index (χ3v) is 5.18. The second-order valence-corrected chi connectivity index (χ2v) is 6.56. The number of rotatable bonds is 5. The van der Waals surface area contributed by atoms with Gasteiger partial charge in [-0.05, 0) is 30.9 Å². The highest BCUT2D eigenvalue weighted by atomic mass is 32.1. The first kappa shape index (κ1) is 16.4. The van der Waals surface area contributed by atoms with E-state index in [9.17, 15) is 9.59 Å². The number of aromatic nitrogens is 2. The summed E-state index contributed by atoms with van der Waals surface area (Å²) in [6.07, 6.45) is 3.32. The molecule has 0 saturated heterocycles. The maximum atomic E-state index is 12.7. The summed E-state index contributed by atoms with van der Waals surface area (Å²) in [5.74, 6) is -0.425. The van der Waals surface area contributed by atoms with E-state index in [4.69, 9.17) is 4.74 Å². The van der Waals surface area contributed by atoms with E-state index in [0.29, 0.717) is 27.2 Å². The summed E-state index contributed by atoms with van der Waals surface area (Å²) in [7, 11) is 1.33. The monoisotopic (exact) mass is 342 g/mol. The predicted molar refractivity (Wildman–Crippen MR) is 94.7 cm³/mol. The second kappa shape index (κ2) is 6.97. The van der Waals surface area contributed by atoms with Gasteiger partial charge in [0.15, 0.2) is 0 Å². The lowest BCUT2D eigenvalue weighted by atomic mass is 10.1. The first-order chi connectivity index (χ1) is 11.6. The summed E-state index contributed by atoms with van der Waals surface area (Å²) in [4.78, 5) is 29.8. The normalized spacial score (nSPS) is 10.9. The van der Waals surface area contributed by atoms with Crippen LogP contribution in [0.25, 0.3) is 10.2 Å². The summed E-state index contributed by atoms with van der Waals surface area (Å²) >= 11 is 1.20. The Balaban J connectivity index is 1.84. The molecule has 0 aliphatic rings. The van der Waals surface area contributed by atoms with Crippen molar-refractivity contribution in [2.24, 2.45) is 0 Å². The second-order valence-electron chi connectivity index (χ2n) is 5.56. The zero-order chi connectivity index (χ0) is 17.1. The maximum absolute atomic E-state index is 12.7. The van der Waals surface area contributed by atoms with E-state index in [2.05, 4.69) is 17.1 Å². The Hall–Kier alpha value is -2.47. The molecule has 1 aromatic carbocycles. The molecule has 0 bridgehead atoms. The molecule has 0 amide bonds. The van der Waals surface area contributed by atoms with Gasteiger partial charge >= 0.3 is 5.97 Å². The average Bonchev–Trinajstić information content (AvgIpc) is 2.94. The van der Waals surface area contributed by atoms with E-state index in [0.717, 1.165) is 12.8 Å². The summed E-state index contributed by atoms with van der Waals surface area (Å²) in [6.45, 7) is 2.36. The molecule has 6 heteroatoms. The SMILES string of the molecule is COC(=O)c1sc2ncn(CCCc3ccccc3)c(=O)c2c1C. The Morgan fingerprint density at radius 3 is 2.75 bits per heavy atom. The van der Waals surface area contributed by atoms with Crippen molar-refractivity contribution in [3.05, 3.63) is 63.0 Å². The minimum Gasteiger partial charge on any atom is -0.465 e. The van der Waals surface area contributed by atoms with Crippen LogP contribution in [-0.2, 0) is 17.7 Å². The molecule has 3 rings (SSSR count). The minimum atomic E-state index is -0.425. The van der Waals surface area contributed by atoms with Gasteiger partial charge < -0.3 is 4.74 Å². The number of hydrogen-bond acceptors (Lipinski definition) is 5. The van der Waals surface area contributed by atoms with Crippen molar-refractivity contribution < 1.29 is 9.53 Å². The molecular weight excluding hydrogens is 324 g/mol. The number of aryl methyl sites for hydroxylation is 3. The third-order valence-electron chi connectivity index (χ3n) is 4.00. The molecule has 0 aliphatic heterocycles. The molecule has 0 saturated carbocycles. The van der Waals surface area contributed by atoms with E-state index in [1.165, 1.54) is 24.0 Å². The van der Waals surface area contributed by atoms with Crippen molar-refractivity contribution in [3.63, 3.8) is 0 Å². The molecule has 0 spiro atoms. The fourth-order valence-electron chi connectivity index (χ4n) is 2.70. The van der Waals surface area contributed by atoms with E-state index >= 15 is 0 Å². The summed E-state index contributed by atoms with van der Waals surface area (Å²) in [5, 5.41) is 0.516. The zero-order valence-electron chi connectivity index (χ0n) is 13.6. The number of methoxy groups -OCH3 is 1. The maximum Gasteiger partial charge on any atom is 0.348 e. The van der Waals surface area contributed by atoms with Crippen molar-refractivity contribution in [2.75, 3.05) is 7.11 Å². The van der Waals surface area contributed by atoms with Crippen molar-refractivity contribution >= 4 is 27.5 Å². The van der Waals surface area contributed by atoms with Gasteiger partial charge in [0.2, 0.25) is 0 Å². The molecule has 2 heterocycles. The van der Waals surface area contributed by atoms with Gasteiger partial charge in [0.25, 0.3) is 5.56 Å². The number of fused-ring (bicyclic) bond motifs is 1. The number of carbonyl (C=O) groups excluding carboxylic acids is 1. The molecule has 0 atom stereocenters. The molecule has 3 aromatic rings. The van der Waals surface area contributed by atoms with E-state index in [1.54, 1.807) is 17.8 Å². The largest absolute Gasteiger partial charge is 0.465 e. The predicted octanol–water partition coefficient (Wildman–Crippen LogP) is 3.19. The van der Waals surface area contributed by atoms with Gasteiger partial charge in [-0.25, -0.2) is 9.78 Å². The summed E-state index contributed by atoms with van der Waals surface area (Å²) < 4.78 is 6.38. The van der Waals surface area contributed by atoms with Gasteiger partial charge in [-0.1, -0.05) is 30.3 Å². The number of thiophene rings is 1. The highest BCUT2D eigenvalue weighted by Gasteiger charge is 2.19. The molecule has 5 nitrogen and oxygen atoms in total. The van der Waals surface area contributed by atoms with Gasteiger partial charge in [0.05, 0.1) is 18.8 Å². The Labute approximate surface area is 143 Å². The Morgan fingerprint density at radius 1 is 1.29 bits per heavy atom. The van der Waals surface area contributed by atoms with Crippen molar-refractivity contribution in [3.8, 4) is 0 Å². The number of hydrogen-bond donors (Lipinski definition) is 0. The summed E-state index contributed by atoms with van der Waals surface area (Å²) in [6, 6.07) is 10.2. The van der Waals surface area contributed by atoms with Crippen molar-refractivity contribution in [1.82, 2.24) is 9.55 Å². The fraction of sp³-hybridized carbons (Fsp3) is 0.278. The minimum absolute atomic E-state index is 0.100. The fourth-order valence-corrected chi connectivity index (χ4v) is 3.76. The molecule has 24 heavy (non-hydrogen) atoms. The van der Waals surface area contributed by atoms with Crippen LogP contribution in [0.5, 0.6) is 0 Å². The summed E-state index contributed by atoms with van der Waals surface area (Å²) in [5.41, 5.74) is 1.80. The number of benzene rings is 1. The lowest BCUT2D eigenvalue weighted by Crippen LogP contribution is -2.21. The third kappa shape index (κ3) is 3.10. The van der Waals surface area contributed by atoms with Crippen molar-refractivity contribution in [2.45, 2.75) is 26.3 Å². The van der Waals surface area contributed by atoms with Crippen LogP contribution < -0.4 is 5.56 Å². The van der Waals surface area contributed by atoms with E-state index in [1.807, 2.05) is 18.2 Å². The molecule has 0 fully saturated rings. The smallest absolute Gasteiger partial charge is 0.348 e. The Bertz CT molecular complexity index is 929. The molecule has 124 valence electrons. The van der Waals surface area contributed by atoms with Crippen LogP contribution in [0.2, 0.25) is 0 Å². The van der Waals surface area contributed by atoms with Crippen LogP contribution in [0.1, 0.15) is 27.2 Å². The van der Waals surface area contributed by atoms with Crippen LogP contribution >= 0.6 is 11.3 Å². The first-order valence-corrected chi connectivity index (χ1v) is 8.54. The van der Waals surface area contributed by atoms with Crippen LogP contribution in [0, 0.1) is 6.92 Å². The topological polar surface area (TPSA) is 61.2 Å². The molecular formula is C18H18N2O3S. The van der Waals surface area contributed by atoms with Crippen LogP contribution in [-0.4, -0.2) is 22.6 Å². The van der Waals surface area contributed by atoms with Gasteiger partial charge in [-0.2, -0.15) is 0 Å². The number of nitrogens with zero attached hydrogens (tertiary/aromatic N) is 2. The van der Waals surface area contributed by atoms with Gasteiger partial charge in [0.1, 0.15) is 9.71 Å². The number of carbonyl (C=O) groups is 1. The van der Waals surface area contributed by atoms with Crippen LogP contribution in [0.4, 0.5) is 0 Å². The number of esters is 1. The molecule has 0 aliphatic carbocycles. The van der Waals surface area contributed by atoms with Crippen molar-refractivity contribution in [1.29, 1.82) is 0 Å². The number of ether oxygens (including phenoxy) is 1. The van der Waals surface area contributed by atoms with E-state index in [-0.39, 0.29) is 5.56 Å². The average molecular weight is 342 g/mol. The molecule has 0 N–H and O–H groups in total. The highest BCUT2D eigenvalue weighted by molar-refractivity contribution is 7.20. The van der Waals surface area contributed by atoms with Gasteiger partial charge in [0, 0.05) is 6.54 Å². The Kier molecular flexibility index (Phi) is 4.76. The van der Waals surface area contributed by atoms with E-state index < -0.39 is 5.97 Å². The zero-order valence-corrected chi connectivity index (χ0v) is 14.4. The quantitative estimate of drug-likeness (QED) is 0.668. The molecule has 2 aromatic heterocycles. The van der Waals surface area contributed by atoms with Gasteiger partial charge in [-0.15, -0.1) is 11.3 Å².